The molecule has 3 aromatic rings. The van der Waals surface area contributed by atoms with E-state index in [9.17, 15) is 9.59 Å². The van der Waals surface area contributed by atoms with Gasteiger partial charge in [-0.2, -0.15) is 5.10 Å². The summed E-state index contributed by atoms with van der Waals surface area (Å²) in [6.07, 6.45) is 8.69. The fourth-order valence-corrected chi connectivity index (χ4v) is 3.62. The number of hydrogen-bond acceptors (Lipinski definition) is 4. The molecule has 1 fully saturated rings. The van der Waals surface area contributed by atoms with E-state index in [0.29, 0.717) is 18.7 Å². The Bertz CT molecular complexity index is 959. The van der Waals surface area contributed by atoms with E-state index in [0.717, 1.165) is 24.2 Å². The van der Waals surface area contributed by atoms with E-state index in [1.165, 1.54) is 0 Å². The van der Waals surface area contributed by atoms with Gasteiger partial charge in [0.15, 0.2) is 0 Å². The normalized spacial score (nSPS) is 17.5. The Hall–Kier alpha value is -3.16. The van der Waals surface area contributed by atoms with Crippen molar-refractivity contribution in [1.82, 2.24) is 24.1 Å². The molecule has 4 heterocycles. The zero-order chi connectivity index (χ0) is 18.1. The summed E-state index contributed by atoms with van der Waals surface area (Å²) in [7, 11) is 0. The van der Waals surface area contributed by atoms with Gasteiger partial charge in [0.2, 0.25) is 5.91 Å². The molecule has 2 N–H and O–H groups in total. The van der Waals surface area contributed by atoms with Crippen LogP contribution < -0.4 is 5.73 Å². The van der Waals surface area contributed by atoms with Gasteiger partial charge in [0.05, 0.1) is 17.3 Å². The number of aromatic nitrogens is 4. The van der Waals surface area contributed by atoms with E-state index >= 15 is 0 Å². The van der Waals surface area contributed by atoms with Crippen molar-refractivity contribution in [1.29, 1.82) is 0 Å². The van der Waals surface area contributed by atoms with E-state index in [1.807, 2.05) is 29.3 Å². The second kappa shape index (κ2) is 6.62. The Labute approximate surface area is 150 Å². The number of pyridine rings is 1. The molecular formula is C18H20N6O2. The predicted molar refractivity (Wildman–Crippen MR) is 94.5 cm³/mol. The number of fused-ring (bicyclic) bond motifs is 1. The second-order valence-corrected chi connectivity index (χ2v) is 6.56. The number of nitrogens with two attached hydrogens (primary N) is 1. The molecule has 8 heteroatoms. The third kappa shape index (κ3) is 2.94. The molecule has 2 amide bonds. The molecule has 1 aliphatic heterocycles. The third-order valence-electron chi connectivity index (χ3n) is 4.80. The van der Waals surface area contributed by atoms with Crippen LogP contribution in [0.3, 0.4) is 0 Å². The first-order valence-electron chi connectivity index (χ1n) is 8.64. The van der Waals surface area contributed by atoms with Gasteiger partial charge in [-0.15, -0.1) is 0 Å². The van der Waals surface area contributed by atoms with Crippen LogP contribution in [0.2, 0.25) is 0 Å². The van der Waals surface area contributed by atoms with E-state index < -0.39 is 5.91 Å². The molecule has 1 saturated heterocycles. The van der Waals surface area contributed by atoms with Crippen LogP contribution in [0, 0.1) is 0 Å². The molecule has 1 aliphatic rings. The molecule has 0 spiro atoms. The smallest absolute Gasteiger partial charge is 0.257 e. The van der Waals surface area contributed by atoms with Crippen molar-refractivity contribution < 1.29 is 9.59 Å². The molecular weight excluding hydrogens is 332 g/mol. The molecule has 8 nitrogen and oxygen atoms in total. The number of piperidine rings is 1. The zero-order valence-corrected chi connectivity index (χ0v) is 14.3. The maximum Gasteiger partial charge on any atom is 0.257 e. The van der Waals surface area contributed by atoms with Gasteiger partial charge in [-0.05, 0) is 25.0 Å². The van der Waals surface area contributed by atoms with E-state index in [1.54, 1.807) is 27.7 Å². The lowest BCUT2D eigenvalue weighted by Gasteiger charge is -2.32. The highest BCUT2D eigenvalue weighted by Gasteiger charge is 2.29. The molecule has 1 unspecified atom stereocenters. The van der Waals surface area contributed by atoms with Crippen molar-refractivity contribution in [3.05, 3.63) is 54.4 Å². The SMILES string of the molecule is NC(=O)Cn1ccnc1C1CCCN(C(=O)c2cnn3ccccc23)C1. The Morgan fingerprint density at radius 3 is 3.00 bits per heavy atom. The molecule has 26 heavy (non-hydrogen) atoms. The van der Waals surface area contributed by atoms with Gasteiger partial charge >= 0.3 is 0 Å². The minimum atomic E-state index is -0.403. The van der Waals surface area contributed by atoms with Crippen LogP contribution in [0.15, 0.2) is 43.0 Å². The van der Waals surface area contributed by atoms with Crippen LogP contribution in [0.4, 0.5) is 0 Å². The molecule has 1 atom stereocenters. The number of carbonyl (C=O) groups excluding carboxylic acids is 2. The topological polar surface area (TPSA) is 98.5 Å². The lowest BCUT2D eigenvalue weighted by Crippen LogP contribution is -2.40. The number of amides is 2. The summed E-state index contributed by atoms with van der Waals surface area (Å²) in [5.41, 5.74) is 6.72. The van der Waals surface area contributed by atoms with Crippen LogP contribution in [0.1, 0.15) is 34.9 Å². The maximum atomic E-state index is 13.0. The molecule has 134 valence electrons. The lowest BCUT2D eigenvalue weighted by atomic mass is 9.96. The Morgan fingerprint density at radius 1 is 1.27 bits per heavy atom. The largest absolute Gasteiger partial charge is 0.368 e. The van der Waals surface area contributed by atoms with Crippen LogP contribution in [0.5, 0.6) is 0 Å². The summed E-state index contributed by atoms with van der Waals surface area (Å²) in [5.74, 6) is 0.466. The number of likely N-dealkylation sites (tertiary alicyclic amines) is 1. The number of nitrogens with zero attached hydrogens (tertiary/aromatic N) is 5. The van der Waals surface area contributed by atoms with E-state index in [2.05, 4.69) is 10.1 Å². The van der Waals surface area contributed by atoms with Gasteiger partial charge in [-0.1, -0.05) is 6.07 Å². The first-order valence-corrected chi connectivity index (χ1v) is 8.64. The lowest BCUT2D eigenvalue weighted by molar-refractivity contribution is -0.118. The number of primary amides is 1. The van der Waals surface area contributed by atoms with Gasteiger partial charge in [0, 0.05) is 37.6 Å². The van der Waals surface area contributed by atoms with Gasteiger partial charge < -0.3 is 15.2 Å². The van der Waals surface area contributed by atoms with E-state index in [4.69, 9.17) is 5.73 Å². The molecule has 0 aromatic carbocycles. The Kier molecular flexibility index (Phi) is 4.16. The summed E-state index contributed by atoms with van der Waals surface area (Å²) in [6.45, 7) is 1.38. The minimum Gasteiger partial charge on any atom is -0.368 e. The molecule has 0 aliphatic carbocycles. The molecule has 4 rings (SSSR count). The summed E-state index contributed by atoms with van der Waals surface area (Å²) in [4.78, 5) is 30.5. The fourth-order valence-electron chi connectivity index (χ4n) is 3.62. The first kappa shape index (κ1) is 16.3. The maximum absolute atomic E-state index is 13.0. The summed E-state index contributed by atoms with van der Waals surface area (Å²) >= 11 is 0. The summed E-state index contributed by atoms with van der Waals surface area (Å²) < 4.78 is 3.48. The quantitative estimate of drug-likeness (QED) is 0.758. The zero-order valence-electron chi connectivity index (χ0n) is 14.3. The average Bonchev–Trinajstić information content (AvgIpc) is 3.27. The van der Waals surface area contributed by atoms with Crippen LogP contribution in [0.25, 0.3) is 5.52 Å². The summed E-state index contributed by atoms with van der Waals surface area (Å²) in [5, 5.41) is 4.25. The number of carbonyl (C=O) groups is 2. The van der Waals surface area contributed by atoms with Gasteiger partial charge in [0.25, 0.3) is 5.91 Å². The van der Waals surface area contributed by atoms with Crippen molar-refractivity contribution >= 4 is 17.3 Å². The van der Waals surface area contributed by atoms with Crippen molar-refractivity contribution in [2.24, 2.45) is 5.73 Å². The van der Waals surface area contributed by atoms with Crippen molar-refractivity contribution in [2.75, 3.05) is 13.1 Å². The number of hydrogen-bond donors (Lipinski definition) is 1. The van der Waals surface area contributed by atoms with Crippen molar-refractivity contribution in [2.45, 2.75) is 25.3 Å². The van der Waals surface area contributed by atoms with Crippen LogP contribution in [-0.4, -0.2) is 49.0 Å². The minimum absolute atomic E-state index is 0.0242. The molecule has 0 saturated carbocycles. The predicted octanol–water partition coefficient (Wildman–Crippen LogP) is 1.04. The van der Waals surface area contributed by atoms with Gasteiger partial charge in [-0.3, -0.25) is 9.59 Å². The second-order valence-electron chi connectivity index (χ2n) is 6.56. The van der Waals surface area contributed by atoms with Gasteiger partial charge in [0.1, 0.15) is 12.4 Å². The highest BCUT2D eigenvalue weighted by molar-refractivity contribution is 6.00. The molecule has 0 radical (unpaired) electrons. The number of rotatable bonds is 4. The molecule has 0 bridgehead atoms. The monoisotopic (exact) mass is 352 g/mol. The van der Waals surface area contributed by atoms with E-state index in [-0.39, 0.29) is 18.4 Å². The first-order chi connectivity index (χ1) is 12.6. The van der Waals surface area contributed by atoms with Crippen molar-refractivity contribution in [3.63, 3.8) is 0 Å². The van der Waals surface area contributed by atoms with Crippen LogP contribution in [-0.2, 0) is 11.3 Å². The highest BCUT2D eigenvalue weighted by atomic mass is 16.2. The number of imidazole rings is 1. The van der Waals surface area contributed by atoms with Gasteiger partial charge in [-0.25, -0.2) is 9.50 Å². The standard InChI is InChI=1S/C18H20N6O2/c19-16(25)12-22-9-6-20-17(22)13-4-3-7-23(11-13)18(26)14-10-21-24-8-2-1-5-15(14)24/h1-2,5-6,8-10,13H,3-4,7,11-12H2,(H2,19,25). The third-order valence-corrected chi connectivity index (χ3v) is 4.80. The van der Waals surface area contributed by atoms with Crippen LogP contribution >= 0.6 is 0 Å². The average molecular weight is 352 g/mol. The van der Waals surface area contributed by atoms with Crippen molar-refractivity contribution in [3.8, 4) is 0 Å². The Morgan fingerprint density at radius 2 is 2.15 bits per heavy atom. The fraction of sp³-hybridized carbons (Fsp3) is 0.333. The summed E-state index contributed by atoms with van der Waals surface area (Å²) in [6, 6.07) is 5.67. The highest BCUT2D eigenvalue weighted by Crippen LogP contribution is 2.27. The Balaban J connectivity index is 1.56. The molecule has 3 aromatic heterocycles.